The summed E-state index contributed by atoms with van der Waals surface area (Å²) in [6.07, 6.45) is 1.21. The zero-order valence-corrected chi connectivity index (χ0v) is 12.7. The molecular weight excluding hydrogens is 286 g/mol. The third kappa shape index (κ3) is 3.41. The average molecular weight is 305 g/mol. The van der Waals surface area contributed by atoms with Crippen molar-refractivity contribution in [3.8, 4) is 0 Å². The van der Waals surface area contributed by atoms with Crippen LogP contribution in [-0.2, 0) is 4.79 Å². The van der Waals surface area contributed by atoms with Gasteiger partial charge in [-0.15, -0.1) is 0 Å². The molecule has 118 valence electrons. The summed E-state index contributed by atoms with van der Waals surface area (Å²) in [4.78, 5) is 35.4. The topological polar surface area (TPSA) is 92.6 Å². The smallest absolute Gasteiger partial charge is 0.293 e. The van der Waals surface area contributed by atoms with Crippen LogP contribution in [0.1, 0.15) is 37.0 Å². The molecule has 1 aliphatic rings. The Labute approximate surface area is 128 Å². The Morgan fingerprint density at radius 2 is 2.18 bits per heavy atom. The molecule has 0 bridgehead atoms. The first-order chi connectivity index (χ1) is 10.4. The third-order valence-corrected chi connectivity index (χ3v) is 3.80. The number of carbonyl (C=O) groups excluding carboxylic acids is 2. The minimum absolute atomic E-state index is 0.0163. The number of nitro benzene ring substituents is 1. The molecule has 0 aromatic heterocycles. The normalized spacial score (nSPS) is 17.4. The second kappa shape index (κ2) is 6.55. The van der Waals surface area contributed by atoms with Crippen LogP contribution in [0, 0.1) is 10.1 Å². The van der Waals surface area contributed by atoms with E-state index in [9.17, 15) is 19.7 Å². The van der Waals surface area contributed by atoms with Gasteiger partial charge in [-0.1, -0.05) is 6.92 Å². The second-order valence-electron chi connectivity index (χ2n) is 5.37. The zero-order chi connectivity index (χ0) is 16.3. The predicted molar refractivity (Wildman–Crippen MR) is 82.0 cm³/mol. The van der Waals surface area contributed by atoms with E-state index in [2.05, 4.69) is 5.32 Å². The van der Waals surface area contributed by atoms with E-state index in [4.69, 9.17) is 0 Å². The molecular formula is C15H19N3O4. The summed E-state index contributed by atoms with van der Waals surface area (Å²) in [5, 5.41) is 14.3. The number of carbonyl (C=O) groups is 2. The molecule has 1 heterocycles. The van der Waals surface area contributed by atoms with Crippen molar-refractivity contribution in [2.75, 3.05) is 18.4 Å². The molecule has 1 atom stereocenters. The van der Waals surface area contributed by atoms with Crippen molar-refractivity contribution >= 4 is 23.1 Å². The van der Waals surface area contributed by atoms with Crippen LogP contribution in [0.15, 0.2) is 18.2 Å². The van der Waals surface area contributed by atoms with Crippen LogP contribution in [0.25, 0.3) is 0 Å². The Kier molecular flexibility index (Phi) is 4.75. The molecule has 1 saturated heterocycles. The van der Waals surface area contributed by atoms with Gasteiger partial charge in [0.05, 0.1) is 4.92 Å². The second-order valence-corrected chi connectivity index (χ2v) is 5.37. The van der Waals surface area contributed by atoms with Gasteiger partial charge in [0.15, 0.2) is 5.78 Å². The van der Waals surface area contributed by atoms with Gasteiger partial charge in [-0.25, -0.2) is 0 Å². The number of ketones is 1. The van der Waals surface area contributed by atoms with Crippen molar-refractivity contribution in [1.29, 1.82) is 0 Å². The van der Waals surface area contributed by atoms with Gasteiger partial charge in [0, 0.05) is 37.2 Å². The third-order valence-electron chi connectivity index (χ3n) is 3.80. The van der Waals surface area contributed by atoms with Gasteiger partial charge in [0.1, 0.15) is 5.69 Å². The van der Waals surface area contributed by atoms with E-state index >= 15 is 0 Å². The number of hydrogen-bond acceptors (Lipinski definition) is 5. The SMILES string of the molecule is CCC(=O)N1CCC(Nc2ccc(C(C)=O)cc2[N+](=O)[O-])C1. The highest BCUT2D eigenvalue weighted by Crippen LogP contribution is 2.28. The number of Topliss-reactive ketones (excluding diaryl/α,β-unsaturated/α-hetero) is 1. The van der Waals surface area contributed by atoms with Crippen LogP contribution in [0.3, 0.4) is 0 Å². The van der Waals surface area contributed by atoms with Crippen LogP contribution in [0.2, 0.25) is 0 Å². The summed E-state index contributed by atoms with van der Waals surface area (Å²) < 4.78 is 0. The highest BCUT2D eigenvalue weighted by Gasteiger charge is 2.27. The minimum atomic E-state index is -0.501. The monoisotopic (exact) mass is 305 g/mol. The van der Waals surface area contributed by atoms with Crippen molar-refractivity contribution in [3.05, 3.63) is 33.9 Å². The fraction of sp³-hybridized carbons (Fsp3) is 0.467. The Balaban J connectivity index is 2.15. The van der Waals surface area contributed by atoms with Gasteiger partial charge in [-0.3, -0.25) is 19.7 Å². The van der Waals surface area contributed by atoms with Gasteiger partial charge in [0.25, 0.3) is 5.69 Å². The molecule has 1 aromatic rings. The molecule has 1 N–H and O–H groups in total. The van der Waals surface area contributed by atoms with Crippen molar-refractivity contribution in [1.82, 2.24) is 4.90 Å². The van der Waals surface area contributed by atoms with E-state index in [0.29, 0.717) is 30.8 Å². The van der Waals surface area contributed by atoms with E-state index < -0.39 is 4.92 Å². The van der Waals surface area contributed by atoms with Crippen molar-refractivity contribution in [2.24, 2.45) is 0 Å². The first kappa shape index (κ1) is 15.9. The Bertz CT molecular complexity index is 615. The van der Waals surface area contributed by atoms with Crippen LogP contribution < -0.4 is 5.32 Å². The Morgan fingerprint density at radius 3 is 2.77 bits per heavy atom. The molecule has 22 heavy (non-hydrogen) atoms. The summed E-state index contributed by atoms with van der Waals surface area (Å²) in [6, 6.07) is 4.40. The number of hydrogen-bond donors (Lipinski definition) is 1. The molecule has 1 aliphatic heterocycles. The highest BCUT2D eigenvalue weighted by molar-refractivity contribution is 5.95. The van der Waals surface area contributed by atoms with E-state index in [-0.39, 0.29) is 23.4 Å². The maximum Gasteiger partial charge on any atom is 0.293 e. The maximum atomic E-state index is 11.7. The lowest BCUT2D eigenvalue weighted by Crippen LogP contribution is -2.31. The van der Waals surface area contributed by atoms with Gasteiger partial charge >= 0.3 is 0 Å². The Morgan fingerprint density at radius 1 is 1.45 bits per heavy atom. The number of anilines is 1. The fourth-order valence-corrected chi connectivity index (χ4v) is 2.57. The first-order valence-electron chi connectivity index (χ1n) is 7.26. The fourth-order valence-electron chi connectivity index (χ4n) is 2.57. The van der Waals surface area contributed by atoms with Gasteiger partial charge in [-0.2, -0.15) is 0 Å². The maximum absolute atomic E-state index is 11.7. The van der Waals surface area contributed by atoms with Crippen LogP contribution in [0.5, 0.6) is 0 Å². The lowest BCUT2D eigenvalue weighted by Gasteiger charge is -2.17. The summed E-state index contributed by atoms with van der Waals surface area (Å²) >= 11 is 0. The lowest BCUT2D eigenvalue weighted by molar-refractivity contribution is -0.384. The highest BCUT2D eigenvalue weighted by atomic mass is 16.6. The number of nitrogens with zero attached hydrogens (tertiary/aromatic N) is 2. The quantitative estimate of drug-likeness (QED) is 0.511. The molecule has 0 aliphatic carbocycles. The molecule has 0 spiro atoms. The number of likely N-dealkylation sites (tertiary alicyclic amines) is 1. The molecule has 1 aromatic carbocycles. The predicted octanol–water partition coefficient (Wildman–Crippen LogP) is 2.22. The Hall–Kier alpha value is -2.44. The van der Waals surface area contributed by atoms with Crippen LogP contribution in [-0.4, -0.2) is 40.6 Å². The van der Waals surface area contributed by atoms with Gasteiger partial charge < -0.3 is 10.2 Å². The minimum Gasteiger partial charge on any atom is -0.375 e. The summed E-state index contributed by atoms with van der Waals surface area (Å²) in [5.74, 6) is -0.124. The number of amides is 1. The van der Waals surface area contributed by atoms with Gasteiger partial charge in [0.2, 0.25) is 5.91 Å². The average Bonchev–Trinajstić information content (AvgIpc) is 2.94. The molecule has 0 radical (unpaired) electrons. The summed E-state index contributed by atoms with van der Waals surface area (Å²) in [5.41, 5.74) is 0.574. The van der Waals surface area contributed by atoms with Gasteiger partial charge in [-0.05, 0) is 25.5 Å². The van der Waals surface area contributed by atoms with E-state index in [0.717, 1.165) is 6.42 Å². The molecule has 2 rings (SSSR count). The molecule has 7 nitrogen and oxygen atoms in total. The number of benzene rings is 1. The molecule has 1 fully saturated rings. The van der Waals surface area contributed by atoms with E-state index in [1.54, 1.807) is 17.0 Å². The van der Waals surface area contributed by atoms with Crippen molar-refractivity contribution < 1.29 is 14.5 Å². The molecule has 7 heteroatoms. The standard InChI is InChI=1S/C15H19N3O4/c1-3-15(20)17-7-6-12(9-17)16-13-5-4-11(10(2)19)8-14(13)18(21)22/h4-5,8,12,16H,3,6-7,9H2,1-2H3. The number of nitrogens with one attached hydrogen (secondary N) is 1. The largest absolute Gasteiger partial charge is 0.375 e. The molecule has 0 saturated carbocycles. The van der Waals surface area contributed by atoms with Crippen LogP contribution in [0.4, 0.5) is 11.4 Å². The lowest BCUT2D eigenvalue weighted by atomic mass is 10.1. The van der Waals surface area contributed by atoms with Crippen molar-refractivity contribution in [2.45, 2.75) is 32.7 Å². The zero-order valence-electron chi connectivity index (χ0n) is 12.7. The number of nitro groups is 1. The summed E-state index contributed by atoms with van der Waals surface area (Å²) in [6.45, 7) is 4.38. The van der Waals surface area contributed by atoms with Crippen LogP contribution >= 0.6 is 0 Å². The molecule has 1 amide bonds. The van der Waals surface area contributed by atoms with E-state index in [1.807, 2.05) is 6.92 Å². The summed E-state index contributed by atoms with van der Waals surface area (Å²) in [7, 11) is 0. The number of rotatable bonds is 5. The molecule has 1 unspecified atom stereocenters. The van der Waals surface area contributed by atoms with E-state index in [1.165, 1.54) is 13.0 Å². The van der Waals surface area contributed by atoms with Crippen molar-refractivity contribution in [3.63, 3.8) is 0 Å². The first-order valence-corrected chi connectivity index (χ1v) is 7.26.